The molecule has 1 amide bonds. The van der Waals surface area contributed by atoms with Gasteiger partial charge < -0.3 is 10.4 Å². The molecule has 180 valence electrons. The van der Waals surface area contributed by atoms with Crippen LogP contribution in [0.2, 0.25) is 0 Å². The molecule has 3 aromatic rings. The zero-order valence-corrected chi connectivity index (χ0v) is 20.6. The van der Waals surface area contributed by atoms with E-state index in [4.69, 9.17) is 0 Å². The van der Waals surface area contributed by atoms with Crippen molar-refractivity contribution in [2.45, 2.75) is 24.0 Å². The molecule has 3 rings (SSSR count). The minimum Gasteiger partial charge on any atom is -0.480 e. The topological polar surface area (TPSA) is 101 Å². The third kappa shape index (κ3) is 7.83. The van der Waals surface area contributed by atoms with Crippen molar-refractivity contribution in [1.29, 1.82) is 0 Å². The van der Waals surface area contributed by atoms with Gasteiger partial charge in [0.05, 0.1) is 10.5 Å². The Bertz CT molecular complexity index is 1100. The number of carbonyl (C=O) groups excluding carboxylic acids is 3. The number of hydrogen-bond donors (Lipinski definition) is 2. The van der Waals surface area contributed by atoms with Gasteiger partial charge >= 0.3 is 5.97 Å². The summed E-state index contributed by atoms with van der Waals surface area (Å²) in [5, 5.41) is 11.7. The van der Waals surface area contributed by atoms with Crippen LogP contribution in [0.4, 0.5) is 0 Å². The summed E-state index contributed by atoms with van der Waals surface area (Å²) in [6.45, 7) is 1.60. The molecule has 0 radical (unpaired) electrons. The fraction of sp³-hybridized carbons (Fsp3) is 0.185. The van der Waals surface area contributed by atoms with Gasteiger partial charge in [0.1, 0.15) is 6.04 Å². The van der Waals surface area contributed by atoms with Crippen LogP contribution in [0, 0.1) is 5.92 Å². The van der Waals surface area contributed by atoms with Crippen LogP contribution in [-0.2, 0) is 16.0 Å². The summed E-state index contributed by atoms with van der Waals surface area (Å²) in [4.78, 5) is 50.7. The number of hydrogen-bond acceptors (Lipinski definition) is 6. The Morgan fingerprint density at radius 3 is 1.60 bits per heavy atom. The maximum absolute atomic E-state index is 13.1. The van der Waals surface area contributed by atoms with Crippen molar-refractivity contribution in [2.75, 3.05) is 0 Å². The van der Waals surface area contributed by atoms with E-state index in [9.17, 15) is 24.3 Å². The van der Waals surface area contributed by atoms with Gasteiger partial charge in [-0.1, -0.05) is 121 Å². The van der Waals surface area contributed by atoms with Crippen molar-refractivity contribution in [2.24, 2.45) is 5.92 Å². The van der Waals surface area contributed by atoms with Crippen LogP contribution < -0.4 is 5.32 Å². The molecular formula is C27H25NO5S2. The van der Waals surface area contributed by atoms with E-state index in [-0.39, 0.29) is 16.7 Å². The molecule has 0 fully saturated rings. The zero-order valence-electron chi connectivity index (χ0n) is 19.0. The predicted molar refractivity (Wildman–Crippen MR) is 139 cm³/mol. The third-order valence-corrected chi connectivity index (χ3v) is 7.94. The van der Waals surface area contributed by atoms with Gasteiger partial charge in [-0.05, 0) is 5.56 Å². The van der Waals surface area contributed by atoms with E-state index in [1.165, 1.54) is 0 Å². The second-order valence-corrected chi connectivity index (χ2v) is 10.3. The van der Waals surface area contributed by atoms with E-state index < -0.39 is 28.4 Å². The van der Waals surface area contributed by atoms with Gasteiger partial charge in [0.25, 0.3) is 0 Å². The summed E-state index contributed by atoms with van der Waals surface area (Å²) in [6.07, 6.45) is 0.117. The first-order chi connectivity index (χ1) is 16.8. The smallest absolute Gasteiger partial charge is 0.326 e. The molecule has 2 atom stereocenters. The molecule has 0 saturated carbocycles. The highest BCUT2D eigenvalue weighted by molar-refractivity contribution is 8.30. The normalized spacial score (nSPS) is 12.5. The number of amides is 1. The van der Waals surface area contributed by atoms with Crippen LogP contribution in [0.15, 0.2) is 91.0 Å². The average molecular weight is 508 g/mol. The number of carboxylic acids is 1. The number of nitrogens with one attached hydrogen (secondary N) is 1. The van der Waals surface area contributed by atoms with Crippen LogP contribution in [0.25, 0.3) is 0 Å². The predicted octanol–water partition coefficient (Wildman–Crippen LogP) is 4.91. The first kappa shape index (κ1) is 26.2. The van der Waals surface area contributed by atoms with Gasteiger partial charge in [0, 0.05) is 17.5 Å². The summed E-state index contributed by atoms with van der Waals surface area (Å²) in [5.41, 5.74) is 1.68. The van der Waals surface area contributed by atoms with Crippen molar-refractivity contribution >= 4 is 45.6 Å². The van der Waals surface area contributed by atoms with Crippen LogP contribution >= 0.6 is 23.5 Å². The molecule has 0 aromatic heterocycles. The molecule has 0 heterocycles. The molecule has 0 bridgehead atoms. The molecule has 0 saturated heterocycles. The SMILES string of the molecule is CC(C(=O)N[C@@H](Cc1ccccc1)C(=O)O)C(SC(=O)c1ccccc1)SC(=O)c1ccccc1. The molecule has 0 spiro atoms. The minimum atomic E-state index is -1.16. The van der Waals surface area contributed by atoms with Crippen LogP contribution in [-0.4, -0.2) is 37.8 Å². The quantitative estimate of drug-likeness (QED) is 0.376. The Balaban J connectivity index is 1.77. The number of benzene rings is 3. The van der Waals surface area contributed by atoms with Gasteiger partial charge in [0.2, 0.25) is 16.1 Å². The van der Waals surface area contributed by atoms with Crippen molar-refractivity contribution in [1.82, 2.24) is 5.32 Å². The van der Waals surface area contributed by atoms with Gasteiger partial charge in [-0.25, -0.2) is 4.79 Å². The Morgan fingerprint density at radius 1 is 0.743 bits per heavy atom. The standard InChI is InChI=1S/C27H25NO5S2/c1-18(23(29)28-22(24(30)31)17-19-11-5-2-6-12-19)27(34-25(32)20-13-7-3-8-14-20)35-26(33)21-15-9-4-10-16-21/h2-16,18,22,27H,17H2,1H3,(H,28,29)(H,30,31)/t18?,22-/m0/s1. The number of thioether (sulfide) groups is 2. The maximum Gasteiger partial charge on any atom is 0.326 e. The lowest BCUT2D eigenvalue weighted by Crippen LogP contribution is -2.46. The molecule has 0 aliphatic rings. The average Bonchev–Trinajstić information content (AvgIpc) is 2.88. The van der Waals surface area contributed by atoms with Crippen LogP contribution in [0.3, 0.4) is 0 Å². The van der Waals surface area contributed by atoms with Crippen molar-refractivity contribution in [3.63, 3.8) is 0 Å². The molecule has 2 N–H and O–H groups in total. The van der Waals surface area contributed by atoms with E-state index in [1.54, 1.807) is 91.9 Å². The number of carbonyl (C=O) groups is 4. The lowest BCUT2D eigenvalue weighted by atomic mass is 10.1. The molecule has 3 aromatic carbocycles. The first-order valence-electron chi connectivity index (χ1n) is 10.9. The number of rotatable bonds is 10. The second kappa shape index (κ2) is 12.9. The third-order valence-electron chi connectivity index (χ3n) is 5.18. The van der Waals surface area contributed by atoms with E-state index in [0.29, 0.717) is 11.1 Å². The Kier molecular flexibility index (Phi) is 9.69. The van der Waals surface area contributed by atoms with Gasteiger partial charge in [0.15, 0.2) is 0 Å². The molecule has 1 unspecified atom stereocenters. The summed E-state index contributed by atoms with van der Waals surface area (Å²) >= 11 is 1.78. The summed E-state index contributed by atoms with van der Waals surface area (Å²) < 4.78 is -0.762. The molecular weight excluding hydrogens is 482 g/mol. The Labute approximate surface area is 212 Å². The lowest BCUT2D eigenvalue weighted by molar-refractivity contribution is -0.142. The Morgan fingerprint density at radius 2 is 1.17 bits per heavy atom. The van der Waals surface area contributed by atoms with E-state index in [2.05, 4.69) is 5.32 Å². The lowest BCUT2D eigenvalue weighted by Gasteiger charge is -2.23. The second-order valence-electron chi connectivity index (χ2n) is 7.79. The molecule has 35 heavy (non-hydrogen) atoms. The van der Waals surface area contributed by atoms with Gasteiger partial charge in [-0.2, -0.15) is 0 Å². The maximum atomic E-state index is 13.1. The molecule has 8 heteroatoms. The fourth-order valence-corrected chi connectivity index (χ4v) is 5.54. The fourth-order valence-electron chi connectivity index (χ4n) is 3.20. The molecule has 0 aliphatic heterocycles. The van der Waals surface area contributed by atoms with E-state index in [1.807, 2.05) is 6.07 Å². The summed E-state index contributed by atoms with van der Waals surface area (Å²) in [5.74, 6) is -2.53. The summed E-state index contributed by atoms with van der Waals surface area (Å²) in [7, 11) is 0. The molecule has 6 nitrogen and oxygen atoms in total. The van der Waals surface area contributed by atoms with E-state index in [0.717, 1.165) is 29.1 Å². The first-order valence-corrected chi connectivity index (χ1v) is 12.7. The highest BCUT2D eigenvalue weighted by Crippen LogP contribution is 2.35. The number of aliphatic carboxylic acids is 1. The van der Waals surface area contributed by atoms with Crippen molar-refractivity contribution in [3.05, 3.63) is 108 Å². The summed E-state index contributed by atoms with van der Waals surface area (Å²) in [6, 6.07) is 25.1. The van der Waals surface area contributed by atoms with Gasteiger partial charge in [-0.3, -0.25) is 14.4 Å². The van der Waals surface area contributed by atoms with Crippen molar-refractivity contribution < 1.29 is 24.3 Å². The van der Waals surface area contributed by atoms with Crippen LogP contribution in [0.5, 0.6) is 0 Å². The Hall–Kier alpha value is -3.36. The number of carboxylic acid groups (broad SMARTS) is 1. The molecule has 0 aliphatic carbocycles. The van der Waals surface area contributed by atoms with Gasteiger partial charge in [-0.15, -0.1) is 0 Å². The van der Waals surface area contributed by atoms with Crippen LogP contribution in [0.1, 0.15) is 33.2 Å². The monoisotopic (exact) mass is 507 g/mol. The zero-order chi connectivity index (χ0) is 25.2. The van der Waals surface area contributed by atoms with Crippen molar-refractivity contribution in [3.8, 4) is 0 Å². The van der Waals surface area contributed by atoms with E-state index >= 15 is 0 Å². The highest BCUT2D eigenvalue weighted by atomic mass is 32.2. The largest absolute Gasteiger partial charge is 0.480 e. The minimum absolute atomic E-state index is 0.117. The highest BCUT2D eigenvalue weighted by Gasteiger charge is 2.33.